The molecular weight excluding hydrogens is 413 g/mol. The molecule has 1 aliphatic heterocycles. The normalized spacial score (nSPS) is 17.4. The molecule has 0 spiro atoms. The molecule has 1 aromatic carbocycles. The molecule has 0 radical (unpaired) electrons. The van der Waals surface area contributed by atoms with Crippen LogP contribution in [0.15, 0.2) is 52.0 Å². The first kappa shape index (κ1) is 22.0. The Kier molecular flexibility index (Phi) is 7.22. The first-order valence-electron chi connectivity index (χ1n) is 9.74. The summed E-state index contributed by atoms with van der Waals surface area (Å²) in [6, 6.07) is 7.79. The number of amides is 2. The average Bonchev–Trinajstić information content (AvgIpc) is 3.26. The molecule has 2 N–H and O–H groups in total. The maximum Gasteiger partial charge on any atom is 0.309 e. The summed E-state index contributed by atoms with van der Waals surface area (Å²) in [4.78, 5) is 23.8. The van der Waals surface area contributed by atoms with Crippen LogP contribution in [0, 0.1) is 5.82 Å². The molecule has 1 aromatic heterocycles. The minimum absolute atomic E-state index is 0.0390. The Morgan fingerprint density at radius 2 is 1.83 bits per heavy atom. The lowest BCUT2D eigenvalue weighted by Crippen LogP contribution is -2.46. The van der Waals surface area contributed by atoms with Crippen molar-refractivity contribution in [3.63, 3.8) is 0 Å². The van der Waals surface area contributed by atoms with Crippen LogP contribution >= 0.6 is 0 Å². The zero-order chi connectivity index (χ0) is 21.6. The predicted octanol–water partition coefficient (Wildman–Crippen LogP) is 1.78. The monoisotopic (exact) mass is 437 g/mol. The third-order valence-corrected chi connectivity index (χ3v) is 6.93. The lowest BCUT2D eigenvalue weighted by atomic mass is 10.0. The molecule has 2 aromatic rings. The number of furan rings is 1. The van der Waals surface area contributed by atoms with Crippen molar-refractivity contribution in [3.8, 4) is 0 Å². The molecule has 1 fully saturated rings. The second-order valence-corrected chi connectivity index (χ2v) is 8.92. The maximum atomic E-state index is 13.1. The lowest BCUT2D eigenvalue weighted by molar-refractivity contribution is -0.139. The van der Waals surface area contributed by atoms with E-state index in [0.717, 1.165) is 25.0 Å². The van der Waals surface area contributed by atoms with E-state index in [9.17, 15) is 22.4 Å². The Balaban J connectivity index is 1.53. The zero-order valence-electron chi connectivity index (χ0n) is 16.3. The van der Waals surface area contributed by atoms with Gasteiger partial charge in [-0.15, -0.1) is 0 Å². The van der Waals surface area contributed by atoms with E-state index in [1.807, 2.05) is 0 Å². The highest BCUT2D eigenvalue weighted by Crippen LogP contribution is 2.27. The van der Waals surface area contributed by atoms with E-state index >= 15 is 0 Å². The van der Waals surface area contributed by atoms with Crippen LogP contribution in [-0.4, -0.2) is 43.7 Å². The standard InChI is InChI=1S/C20H24FN3O5S/c21-15-6-8-18(9-7-15)30(27,28)24-12-2-1-4-16(24)10-11-22-19(25)20(26)23-14-17-5-3-13-29-17/h3,5-9,13,16H,1-2,4,10-12,14H2,(H,22,25)(H,23,26)/t16-/m0/s1. The van der Waals surface area contributed by atoms with Gasteiger partial charge in [0, 0.05) is 19.1 Å². The van der Waals surface area contributed by atoms with Crippen LogP contribution in [0.4, 0.5) is 4.39 Å². The van der Waals surface area contributed by atoms with Crippen molar-refractivity contribution >= 4 is 21.8 Å². The van der Waals surface area contributed by atoms with Crippen molar-refractivity contribution in [2.24, 2.45) is 0 Å². The Hall–Kier alpha value is -2.72. The summed E-state index contributed by atoms with van der Waals surface area (Å²) < 4.78 is 45.6. The van der Waals surface area contributed by atoms with E-state index in [4.69, 9.17) is 4.42 Å². The number of rotatable bonds is 7. The van der Waals surface area contributed by atoms with E-state index in [2.05, 4.69) is 10.6 Å². The topological polar surface area (TPSA) is 109 Å². The summed E-state index contributed by atoms with van der Waals surface area (Å²) in [6.45, 7) is 0.626. The number of carbonyl (C=O) groups excluding carboxylic acids is 2. The number of carbonyl (C=O) groups is 2. The number of hydrogen-bond donors (Lipinski definition) is 2. The van der Waals surface area contributed by atoms with Crippen molar-refractivity contribution in [2.75, 3.05) is 13.1 Å². The largest absolute Gasteiger partial charge is 0.467 e. The van der Waals surface area contributed by atoms with Gasteiger partial charge in [-0.25, -0.2) is 12.8 Å². The van der Waals surface area contributed by atoms with Gasteiger partial charge in [-0.05, 0) is 55.7 Å². The second kappa shape index (κ2) is 9.86. The molecule has 2 heterocycles. The predicted molar refractivity (Wildman–Crippen MR) is 106 cm³/mol. The van der Waals surface area contributed by atoms with Gasteiger partial charge in [0.05, 0.1) is 17.7 Å². The molecular formula is C20H24FN3O5S. The molecule has 162 valence electrons. The van der Waals surface area contributed by atoms with Gasteiger partial charge >= 0.3 is 11.8 Å². The molecule has 0 saturated carbocycles. The molecule has 8 nitrogen and oxygen atoms in total. The van der Waals surface area contributed by atoms with Crippen LogP contribution in [0.5, 0.6) is 0 Å². The second-order valence-electron chi connectivity index (χ2n) is 7.03. The van der Waals surface area contributed by atoms with Gasteiger partial charge in [-0.2, -0.15) is 4.31 Å². The fourth-order valence-electron chi connectivity index (χ4n) is 3.41. The Morgan fingerprint density at radius 3 is 2.53 bits per heavy atom. The quantitative estimate of drug-likeness (QED) is 0.642. The molecule has 3 rings (SSSR count). The molecule has 2 amide bonds. The van der Waals surface area contributed by atoms with Gasteiger partial charge < -0.3 is 15.1 Å². The van der Waals surface area contributed by atoms with E-state index in [1.165, 1.54) is 22.7 Å². The van der Waals surface area contributed by atoms with Crippen LogP contribution in [0.3, 0.4) is 0 Å². The van der Waals surface area contributed by atoms with Crippen molar-refractivity contribution < 1.29 is 26.8 Å². The Labute approximate surface area is 174 Å². The van der Waals surface area contributed by atoms with E-state index < -0.39 is 27.7 Å². The molecule has 1 saturated heterocycles. The Bertz CT molecular complexity index is 961. The van der Waals surface area contributed by atoms with E-state index in [1.54, 1.807) is 12.1 Å². The first-order chi connectivity index (χ1) is 14.4. The molecule has 0 bridgehead atoms. The number of benzene rings is 1. The van der Waals surface area contributed by atoms with Crippen LogP contribution in [-0.2, 0) is 26.2 Å². The third-order valence-electron chi connectivity index (χ3n) is 4.97. The first-order valence-corrected chi connectivity index (χ1v) is 11.2. The summed E-state index contributed by atoms with van der Waals surface area (Å²) >= 11 is 0. The molecule has 0 aliphatic carbocycles. The summed E-state index contributed by atoms with van der Waals surface area (Å²) in [5.74, 6) is -1.55. The fourth-order valence-corrected chi connectivity index (χ4v) is 5.14. The molecule has 1 aliphatic rings. The number of piperidine rings is 1. The van der Waals surface area contributed by atoms with Crippen molar-refractivity contribution in [1.29, 1.82) is 0 Å². The molecule has 10 heteroatoms. The van der Waals surface area contributed by atoms with Gasteiger partial charge in [0.2, 0.25) is 10.0 Å². The number of nitrogens with one attached hydrogen (secondary N) is 2. The summed E-state index contributed by atoms with van der Waals surface area (Å²) in [5.41, 5.74) is 0. The number of halogens is 1. The zero-order valence-corrected chi connectivity index (χ0v) is 17.2. The van der Waals surface area contributed by atoms with Gasteiger partial charge in [0.1, 0.15) is 11.6 Å². The van der Waals surface area contributed by atoms with Gasteiger partial charge in [-0.3, -0.25) is 9.59 Å². The van der Waals surface area contributed by atoms with Gasteiger partial charge in [-0.1, -0.05) is 6.42 Å². The number of nitrogens with zero attached hydrogens (tertiary/aromatic N) is 1. The van der Waals surface area contributed by atoms with Gasteiger partial charge in [0.25, 0.3) is 0 Å². The molecule has 0 unspecified atom stereocenters. The van der Waals surface area contributed by atoms with Crippen molar-refractivity contribution in [2.45, 2.75) is 43.2 Å². The highest BCUT2D eigenvalue weighted by atomic mass is 32.2. The summed E-state index contributed by atoms with van der Waals surface area (Å²) in [7, 11) is -3.76. The third kappa shape index (κ3) is 5.45. The molecule has 30 heavy (non-hydrogen) atoms. The SMILES string of the molecule is O=C(NCC[C@@H]1CCCCN1S(=O)(=O)c1ccc(F)cc1)C(=O)NCc1ccco1. The van der Waals surface area contributed by atoms with Crippen LogP contribution in [0.25, 0.3) is 0 Å². The highest BCUT2D eigenvalue weighted by molar-refractivity contribution is 7.89. The van der Waals surface area contributed by atoms with E-state index in [0.29, 0.717) is 25.1 Å². The summed E-state index contributed by atoms with van der Waals surface area (Å²) in [5, 5.41) is 4.98. The minimum atomic E-state index is -3.76. The number of sulfonamides is 1. The fraction of sp³-hybridized carbons (Fsp3) is 0.400. The lowest BCUT2D eigenvalue weighted by Gasteiger charge is -2.34. The maximum absolute atomic E-state index is 13.1. The smallest absolute Gasteiger partial charge is 0.309 e. The Morgan fingerprint density at radius 1 is 1.10 bits per heavy atom. The number of hydrogen-bond acceptors (Lipinski definition) is 5. The minimum Gasteiger partial charge on any atom is -0.467 e. The highest BCUT2D eigenvalue weighted by Gasteiger charge is 2.33. The van der Waals surface area contributed by atoms with Crippen molar-refractivity contribution in [1.82, 2.24) is 14.9 Å². The van der Waals surface area contributed by atoms with Crippen LogP contribution in [0.2, 0.25) is 0 Å². The van der Waals surface area contributed by atoms with Crippen molar-refractivity contribution in [3.05, 3.63) is 54.2 Å². The summed E-state index contributed by atoms with van der Waals surface area (Å²) in [6.07, 6.45) is 4.10. The molecule has 1 atom stereocenters. The van der Waals surface area contributed by atoms with E-state index in [-0.39, 0.29) is 24.0 Å². The van der Waals surface area contributed by atoms with Gasteiger partial charge in [0.15, 0.2) is 0 Å². The van der Waals surface area contributed by atoms with Crippen LogP contribution < -0.4 is 10.6 Å². The average molecular weight is 437 g/mol. The van der Waals surface area contributed by atoms with Crippen LogP contribution in [0.1, 0.15) is 31.4 Å².